The molecular formula is C19H17BrF4N2O3. The molecule has 0 saturated carbocycles. The number of alkyl halides is 4. The fraction of sp³-hybridized carbons (Fsp3) is 0.263. The monoisotopic (exact) mass is 476 g/mol. The van der Waals surface area contributed by atoms with Gasteiger partial charge in [0.05, 0.1) is 11.7 Å². The number of hydrogen-bond donors (Lipinski definition) is 1. The Bertz CT molecular complexity index is 874. The fourth-order valence-electron chi connectivity index (χ4n) is 2.06. The summed E-state index contributed by atoms with van der Waals surface area (Å²) in [6.45, 7) is 3.55. The number of carbonyl (C=O) groups excluding carboxylic acids is 1. The molecule has 0 aliphatic rings. The molecule has 0 fully saturated rings. The number of nitrogens with one attached hydrogen (secondary N) is 1. The minimum atomic E-state index is -4.61. The van der Waals surface area contributed by atoms with Crippen LogP contribution in [0, 0.1) is 0 Å². The summed E-state index contributed by atoms with van der Waals surface area (Å²) in [6, 6.07) is 10.7. The largest absolute Gasteiger partial charge is 0.474 e. The third-order valence-electron chi connectivity index (χ3n) is 3.27. The molecule has 2 rings (SSSR count). The Balaban J connectivity index is 2.14. The van der Waals surface area contributed by atoms with Crippen molar-refractivity contribution in [2.45, 2.75) is 32.5 Å². The van der Waals surface area contributed by atoms with Gasteiger partial charge < -0.3 is 14.8 Å². The van der Waals surface area contributed by atoms with Gasteiger partial charge in [-0.25, -0.2) is 4.79 Å². The molecule has 29 heavy (non-hydrogen) atoms. The van der Waals surface area contributed by atoms with Crippen molar-refractivity contribution in [1.82, 2.24) is 0 Å². The Kier molecular flexibility index (Phi) is 7.60. The van der Waals surface area contributed by atoms with Gasteiger partial charge in [-0.15, -0.1) is 0 Å². The number of benzene rings is 2. The average molecular weight is 477 g/mol. The summed E-state index contributed by atoms with van der Waals surface area (Å²) < 4.78 is 60.4. The van der Waals surface area contributed by atoms with Gasteiger partial charge >= 0.3 is 18.6 Å². The summed E-state index contributed by atoms with van der Waals surface area (Å²) in [6.07, 6.45) is -8.82. The first-order valence-corrected chi connectivity index (χ1v) is 9.14. The zero-order valence-corrected chi connectivity index (χ0v) is 16.9. The summed E-state index contributed by atoms with van der Waals surface area (Å²) >= 11 is 3.36. The number of urea groups is 1. The van der Waals surface area contributed by atoms with Crippen molar-refractivity contribution in [2.75, 3.05) is 5.32 Å². The number of amides is 2. The predicted molar refractivity (Wildman–Crippen MR) is 104 cm³/mol. The van der Waals surface area contributed by atoms with Gasteiger partial charge in [-0.2, -0.15) is 22.6 Å². The first-order valence-electron chi connectivity index (χ1n) is 8.34. The number of hydrogen-bond acceptors (Lipinski definition) is 3. The first kappa shape index (κ1) is 22.7. The topological polar surface area (TPSA) is 59.9 Å². The van der Waals surface area contributed by atoms with Crippen LogP contribution in [0.15, 0.2) is 58.0 Å². The van der Waals surface area contributed by atoms with Gasteiger partial charge in [0.1, 0.15) is 5.75 Å². The lowest BCUT2D eigenvalue weighted by molar-refractivity contribution is -0.253. The number of nitrogens with zero attached hydrogens (tertiary/aromatic N) is 1. The smallest absolute Gasteiger partial charge is 0.461 e. The van der Waals surface area contributed by atoms with Gasteiger partial charge in [-0.05, 0) is 66.2 Å². The SMILES string of the molecule is CC(C)O/C(=N\C(=O)Nc1ccc(OC(F)(F)C(F)F)cc1)c1ccccc1Br. The van der Waals surface area contributed by atoms with Crippen LogP contribution in [0.4, 0.5) is 28.0 Å². The fourth-order valence-corrected chi connectivity index (χ4v) is 2.51. The summed E-state index contributed by atoms with van der Waals surface area (Å²) in [5, 5.41) is 2.43. The van der Waals surface area contributed by atoms with E-state index in [9.17, 15) is 22.4 Å². The van der Waals surface area contributed by atoms with E-state index in [-0.39, 0.29) is 17.7 Å². The maximum Gasteiger partial charge on any atom is 0.461 e. The van der Waals surface area contributed by atoms with E-state index in [2.05, 4.69) is 31.0 Å². The summed E-state index contributed by atoms with van der Waals surface area (Å²) in [5.74, 6) is -0.393. The summed E-state index contributed by atoms with van der Waals surface area (Å²) in [5.41, 5.74) is 0.761. The van der Waals surface area contributed by atoms with E-state index in [1.165, 1.54) is 12.1 Å². The lowest BCUT2D eigenvalue weighted by atomic mass is 10.2. The minimum Gasteiger partial charge on any atom is -0.474 e. The first-order chi connectivity index (χ1) is 13.6. The van der Waals surface area contributed by atoms with Gasteiger partial charge in [-0.1, -0.05) is 12.1 Å². The molecule has 0 aliphatic carbocycles. The molecule has 0 unspecified atom stereocenters. The highest BCUT2D eigenvalue weighted by Gasteiger charge is 2.43. The molecule has 2 aromatic rings. The molecule has 2 aromatic carbocycles. The normalized spacial score (nSPS) is 12.2. The zero-order chi connectivity index (χ0) is 21.6. The number of rotatable bonds is 6. The quantitative estimate of drug-likeness (QED) is 0.311. The number of ether oxygens (including phenoxy) is 2. The molecule has 0 aliphatic heterocycles. The van der Waals surface area contributed by atoms with Gasteiger partial charge in [0.15, 0.2) is 0 Å². The molecule has 2 amide bonds. The van der Waals surface area contributed by atoms with Gasteiger partial charge in [-0.3, -0.25) is 0 Å². The van der Waals surface area contributed by atoms with Crippen LogP contribution in [0.5, 0.6) is 5.75 Å². The highest BCUT2D eigenvalue weighted by atomic mass is 79.9. The molecule has 0 spiro atoms. The van der Waals surface area contributed by atoms with Crippen LogP contribution in [-0.4, -0.2) is 30.6 Å². The van der Waals surface area contributed by atoms with Crippen LogP contribution >= 0.6 is 15.9 Å². The van der Waals surface area contributed by atoms with Crippen molar-refractivity contribution >= 4 is 33.5 Å². The van der Waals surface area contributed by atoms with Gasteiger partial charge in [0.25, 0.3) is 0 Å². The van der Waals surface area contributed by atoms with Crippen molar-refractivity contribution in [3.63, 3.8) is 0 Å². The van der Waals surface area contributed by atoms with Crippen LogP contribution < -0.4 is 10.1 Å². The zero-order valence-electron chi connectivity index (χ0n) is 15.3. The molecule has 0 bridgehead atoms. The maximum absolute atomic E-state index is 12.9. The van der Waals surface area contributed by atoms with E-state index >= 15 is 0 Å². The molecule has 0 saturated heterocycles. The highest BCUT2D eigenvalue weighted by molar-refractivity contribution is 9.10. The molecule has 0 atom stereocenters. The van der Waals surface area contributed by atoms with Crippen LogP contribution in [0.2, 0.25) is 0 Å². The number of anilines is 1. The van der Waals surface area contributed by atoms with Crippen LogP contribution in [0.3, 0.4) is 0 Å². The molecular weight excluding hydrogens is 460 g/mol. The third kappa shape index (κ3) is 6.74. The Morgan fingerprint density at radius 2 is 1.72 bits per heavy atom. The predicted octanol–water partition coefficient (Wildman–Crippen LogP) is 6.09. The van der Waals surface area contributed by atoms with E-state index in [1.807, 2.05) is 0 Å². The lowest BCUT2D eigenvalue weighted by Crippen LogP contribution is -2.33. The van der Waals surface area contributed by atoms with Crippen molar-refractivity contribution in [3.8, 4) is 5.75 Å². The molecule has 0 radical (unpaired) electrons. The average Bonchev–Trinajstić information content (AvgIpc) is 2.62. The summed E-state index contributed by atoms with van der Waals surface area (Å²) in [7, 11) is 0. The maximum atomic E-state index is 12.9. The van der Waals surface area contributed by atoms with Crippen molar-refractivity contribution in [3.05, 3.63) is 58.6 Å². The highest BCUT2D eigenvalue weighted by Crippen LogP contribution is 2.28. The Morgan fingerprint density at radius 1 is 1.10 bits per heavy atom. The second kappa shape index (κ2) is 9.73. The Hall–Kier alpha value is -2.62. The van der Waals surface area contributed by atoms with E-state index in [4.69, 9.17) is 4.74 Å². The second-order valence-corrected chi connectivity index (χ2v) is 6.84. The van der Waals surface area contributed by atoms with E-state index < -0.39 is 24.3 Å². The van der Waals surface area contributed by atoms with Crippen molar-refractivity contribution < 1.29 is 31.8 Å². The van der Waals surface area contributed by atoms with Crippen LogP contribution in [0.1, 0.15) is 19.4 Å². The van der Waals surface area contributed by atoms with E-state index in [1.54, 1.807) is 38.1 Å². The number of aliphatic imine (C=N–C) groups is 1. The molecule has 1 N–H and O–H groups in total. The Labute approximate surface area is 172 Å². The Morgan fingerprint density at radius 3 is 2.28 bits per heavy atom. The number of carbonyl (C=O) groups is 1. The summed E-state index contributed by atoms with van der Waals surface area (Å²) in [4.78, 5) is 16.2. The minimum absolute atomic E-state index is 0.0847. The third-order valence-corrected chi connectivity index (χ3v) is 3.96. The van der Waals surface area contributed by atoms with Crippen molar-refractivity contribution in [2.24, 2.45) is 4.99 Å². The molecule has 0 aromatic heterocycles. The van der Waals surface area contributed by atoms with Crippen molar-refractivity contribution in [1.29, 1.82) is 0 Å². The molecule has 0 heterocycles. The second-order valence-electron chi connectivity index (χ2n) is 5.98. The van der Waals surface area contributed by atoms with Crippen LogP contribution in [-0.2, 0) is 4.74 Å². The van der Waals surface area contributed by atoms with E-state index in [0.717, 1.165) is 12.1 Å². The standard InChI is InChI=1S/C19H17BrF4N2O3/c1-11(2)28-16(14-5-3-4-6-15(14)20)26-18(27)25-12-7-9-13(10-8-12)29-19(23,24)17(21)22/h3-11,17H,1-2H3,(H,25,27)/b26-16-. The van der Waals surface area contributed by atoms with Crippen LogP contribution in [0.25, 0.3) is 0 Å². The van der Waals surface area contributed by atoms with E-state index in [0.29, 0.717) is 10.0 Å². The lowest BCUT2D eigenvalue weighted by Gasteiger charge is -2.17. The molecule has 156 valence electrons. The molecule has 10 heteroatoms. The molecule has 5 nitrogen and oxygen atoms in total. The number of halogens is 5. The van der Waals surface area contributed by atoms with Gasteiger partial charge in [0.2, 0.25) is 5.90 Å². The van der Waals surface area contributed by atoms with Gasteiger partial charge in [0, 0.05) is 10.2 Å².